The molecule has 26 heavy (non-hydrogen) atoms. The van der Waals surface area contributed by atoms with Gasteiger partial charge in [0.2, 0.25) is 5.95 Å². The Morgan fingerprint density at radius 3 is 2.46 bits per heavy atom. The largest absolute Gasteiger partial charge is 0.496 e. The first-order valence-electron chi connectivity index (χ1n) is 8.17. The van der Waals surface area contributed by atoms with Crippen LogP contribution in [0.3, 0.4) is 0 Å². The molecule has 0 aliphatic rings. The standard InChI is InChI=1S/C21H19N3O2/c1-15-18(9-6-10-19(15)26-2)17-13-22-21(23-14-17)24-20(25)12-11-16-7-4-3-5-8-16/h3-14H,1-2H3,(H,22,23,24,25)/b12-11+. The summed E-state index contributed by atoms with van der Waals surface area (Å²) in [6, 6.07) is 15.4. The summed E-state index contributed by atoms with van der Waals surface area (Å²) in [7, 11) is 1.64. The Morgan fingerprint density at radius 2 is 1.77 bits per heavy atom. The normalized spacial score (nSPS) is 10.7. The van der Waals surface area contributed by atoms with Crippen LogP contribution < -0.4 is 10.1 Å². The van der Waals surface area contributed by atoms with Gasteiger partial charge in [-0.1, -0.05) is 42.5 Å². The molecule has 0 saturated heterocycles. The number of methoxy groups -OCH3 is 1. The number of nitrogens with one attached hydrogen (secondary N) is 1. The maximum Gasteiger partial charge on any atom is 0.250 e. The highest BCUT2D eigenvalue weighted by molar-refractivity contribution is 6.00. The van der Waals surface area contributed by atoms with Crippen LogP contribution in [-0.2, 0) is 4.79 Å². The van der Waals surface area contributed by atoms with E-state index in [4.69, 9.17) is 4.74 Å². The highest BCUT2D eigenvalue weighted by atomic mass is 16.5. The van der Waals surface area contributed by atoms with E-state index < -0.39 is 0 Å². The summed E-state index contributed by atoms with van der Waals surface area (Å²) in [4.78, 5) is 20.4. The van der Waals surface area contributed by atoms with Crippen LogP contribution in [0.1, 0.15) is 11.1 Å². The molecule has 0 aliphatic heterocycles. The minimum absolute atomic E-state index is 0.261. The molecule has 1 aromatic heterocycles. The molecular weight excluding hydrogens is 326 g/mol. The van der Waals surface area contributed by atoms with Gasteiger partial charge in [0.25, 0.3) is 5.91 Å². The number of hydrogen-bond donors (Lipinski definition) is 1. The average molecular weight is 345 g/mol. The number of benzene rings is 2. The second kappa shape index (κ2) is 8.07. The van der Waals surface area contributed by atoms with Crippen molar-refractivity contribution in [3.05, 3.63) is 78.1 Å². The van der Waals surface area contributed by atoms with Gasteiger partial charge in [0.1, 0.15) is 5.75 Å². The first-order chi connectivity index (χ1) is 12.7. The van der Waals surface area contributed by atoms with E-state index in [9.17, 15) is 4.79 Å². The van der Waals surface area contributed by atoms with Crippen molar-refractivity contribution in [2.75, 3.05) is 12.4 Å². The third-order valence-corrected chi connectivity index (χ3v) is 3.93. The summed E-state index contributed by atoms with van der Waals surface area (Å²) in [5.74, 6) is 0.794. The third kappa shape index (κ3) is 4.13. The van der Waals surface area contributed by atoms with Crippen molar-refractivity contribution in [1.29, 1.82) is 0 Å². The fourth-order valence-corrected chi connectivity index (χ4v) is 2.57. The third-order valence-electron chi connectivity index (χ3n) is 3.93. The van der Waals surface area contributed by atoms with Crippen molar-refractivity contribution in [2.24, 2.45) is 0 Å². The van der Waals surface area contributed by atoms with E-state index in [1.807, 2.05) is 55.5 Å². The lowest BCUT2D eigenvalue weighted by Crippen LogP contribution is -2.10. The van der Waals surface area contributed by atoms with Crippen LogP contribution >= 0.6 is 0 Å². The van der Waals surface area contributed by atoms with Crippen molar-refractivity contribution in [2.45, 2.75) is 6.92 Å². The summed E-state index contributed by atoms with van der Waals surface area (Å²) in [6.45, 7) is 1.98. The van der Waals surface area contributed by atoms with E-state index in [-0.39, 0.29) is 11.9 Å². The highest BCUT2D eigenvalue weighted by Crippen LogP contribution is 2.29. The molecule has 0 radical (unpaired) electrons. The first kappa shape index (κ1) is 17.4. The number of hydrogen-bond acceptors (Lipinski definition) is 4. The molecule has 130 valence electrons. The Balaban J connectivity index is 1.70. The van der Waals surface area contributed by atoms with Crippen molar-refractivity contribution >= 4 is 17.9 Å². The molecule has 1 amide bonds. The van der Waals surface area contributed by atoms with Gasteiger partial charge in [-0.15, -0.1) is 0 Å². The number of rotatable bonds is 5. The van der Waals surface area contributed by atoms with Gasteiger partial charge >= 0.3 is 0 Å². The molecule has 1 heterocycles. The Labute approximate surface area is 152 Å². The minimum Gasteiger partial charge on any atom is -0.496 e. The van der Waals surface area contributed by atoms with Gasteiger partial charge in [-0.05, 0) is 35.8 Å². The van der Waals surface area contributed by atoms with Crippen LogP contribution in [0, 0.1) is 6.92 Å². The highest BCUT2D eigenvalue weighted by Gasteiger charge is 2.08. The van der Waals surface area contributed by atoms with Gasteiger partial charge in [-0.25, -0.2) is 9.97 Å². The fraction of sp³-hybridized carbons (Fsp3) is 0.0952. The molecule has 0 atom stereocenters. The maximum atomic E-state index is 12.0. The van der Waals surface area contributed by atoms with Crippen LogP contribution in [0.4, 0.5) is 5.95 Å². The second-order valence-corrected chi connectivity index (χ2v) is 5.66. The van der Waals surface area contributed by atoms with Gasteiger partial charge in [-0.3, -0.25) is 10.1 Å². The van der Waals surface area contributed by atoms with E-state index >= 15 is 0 Å². The quantitative estimate of drug-likeness (QED) is 0.707. The van der Waals surface area contributed by atoms with Crippen molar-refractivity contribution in [3.8, 4) is 16.9 Å². The van der Waals surface area contributed by atoms with Crippen molar-refractivity contribution in [1.82, 2.24) is 9.97 Å². The Bertz CT molecular complexity index is 920. The lowest BCUT2D eigenvalue weighted by Gasteiger charge is -2.10. The van der Waals surface area contributed by atoms with Crippen LogP contribution in [-0.4, -0.2) is 23.0 Å². The number of carbonyl (C=O) groups is 1. The number of aromatic nitrogens is 2. The summed E-state index contributed by atoms with van der Waals surface area (Å²) in [5, 5.41) is 2.66. The summed E-state index contributed by atoms with van der Waals surface area (Å²) in [6.07, 6.45) is 6.57. The number of nitrogens with zero attached hydrogens (tertiary/aromatic N) is 2. The van der Waals surface area contributed by atoms with Crippen LogP contribution in [0.2, 0.25) is 0 Å². The zero-order valence-corrected chi connectivity index (χ0v) is 14.6. The molecule has 3 rings (SSSR count). The molecule has 2 aromatic carbocycles. The van der Waals surface area contributed by atoms with Crippen molar-refractivity contribution < 1.29 is 9.53 Å². The van der Waals surface area contributed by atoms with E-state index in [0.717, 1.165) is 28.0 Å². The van der Waals surface area contributed by atoms with Gasteiger partial charge in [-0.2, -0.15) is 0 Å². The SMILES string of the molecule is COc1cccc(-c2cnc(NC(=O)/C=C/c3ccccc3)nc2)c1C. The minimum atomic E-state index is -0.279. The summed E-state index contributed by atoms with van der Waals surface area (Å²) < 4.78 is 5.34. The molecule has 0 saturated carbocycles. The molecule has 0 fully saturated rings. The van der Waals surface area contributed by atoms with Crippen molar-refractivity contribution in [3.63, 3.8) is 0 Å². The van der Waals surface area contributed by atoms with Gasteiger partial charge in [0.15, 0.2) is 0 Å². The molecule has 3 aromatic rings. The zero-order valence-electron chi connectivity index (χ0n) is 14.6. The van der Waals surface area contributed by atoms with Gasteiger partial charge in [0, 0.05) is 24.0 Å². The summed E-state index contributed by atoms with van der Waals surface area (Å²) in [5.41, 5.74) is 3.82. The lowest BCUT2D eigenvalue weighted by molar-refractivity contribution is -0.111. The Kier molecular flexibility index (Phi) is 5.39. The number of carbonyl (C=O) groups excluding carboxylic acids is 1. The molecule has 1 N–H and O–H groups in total. The average Bonchev–Trinajstić information content (AvgIpc) is 2.68. The van der Waals surface area contributed by atoms with Crippen LogP contribution in [0.5, 0.6) is 5.75 Å². The molecule has 0 spiro atoms. The Morgan fingerprint density at radius 1 is 1.04 bits per heavy atom. The van der Waals surface area contributed by atoms with Gasteiger partial charge in [0.05, 0.1) is 7.11 Å². The maximum absolute atomic E-state index is 12.0. The van der Waals surface area contributed by atoms with Crippen LogP contribution in [0.25, 0.3) is 17.2 Å². The van der Waals surface area contributed by atoms with E-state index in [1.165, 1.54) is 6.08 Å². The predicted molar refractivity (Wildman–Crippen MR) is 103 cm³/mol. The van der Waals surface area contributed by atoms with Crippen LogP contribution in [0.15, 0.2) is 67.0 Å². The number of anilines is 1. The molecule has 0 bridgehead atoms. The Hall–Kier alpha value is -3.47. The lowest BCUT2D eigenvalue weighted by atomic mass is 10.0. The van der Waals surface area contributed by atoms with E-state index in [2.05, 4.69) is 15.3 Å². The topological polar surface area (TPSA) is 64.1 Å². The smallest absolute Gasteiger partial charge is 0.250 e. The molecular formula is C21H19N3O2. The van der Waals surface area contributed by atoms with Gasteiger partial charge < -0.3 is 4.74 Å². The molecule has 0 unspecified atom stereocenters. The monoisotopic (exact) mass is 345 g/mol. The number of amides is 1. The fourth-order valence-electron chi connectivity index (χ4n) is 2.57. The molecule has 0 aliphatic carbocycles. The predicted octanol–water partition coefficient (Wildman–Crippen LogP) is 4.11. The van der Waals surface area contributed by atoms with E-state index in [1.54, 1.807) is 25.6 Å². The number of ether oxygens (including phenoxy) is 1. The van der Waals surface area contributed by atoms with E-state index in [0.29, 0.717) is 0 Å². The first-order valence-corrected chi connectivity index (χ1v) is 8.17. The zero-order chi connectivity index (χ0) is 18.4. The second-order valence-electron chi connectivity index (χ2n) is 5.66. The molecule has 5 nitrogen and oxygen atoms in total. The molecule has 5 heteroatoms. The summed E-state index contributed by atoms with van der Waals surface area (Å²) >= 11 is 0.